The minimum atomic E-state index is 0.256. The maximum Gasteiger partial charge on any atom is 0.0465 e. The molecular formula is C8H14O. The summed E-state index contributed by atoms with van der Waals surface area (Å²) in [6.07, 6.45) is 9.89. The fourth-order valence-corrected chi connectivity index (χ4v) is 0.503. The van der Waals surface area contributed by atoms with Gasteiger partial charge in [0.2, 0.25) is 0 Å². The average Bonchev–Trinajstić information content (AvgIpc) is 1.89. The van der Waals surface area contributed by atoms with Crippen LogP contribution < -0.4 is 0 Å². The first-order valence-corrected chi connectivity index (χ1v) is 3.28. The van der Waals surface area contributed by atoms with Gasteiger partial charge in [-0.1, -0.05) is 24.3 Å². The number of allylic oxidation sites excluding steroid dienone is 3. The van der Waals surface area contributed by atoms with E-state index in [1.54, 1.807) is 0 Å². The predicted octanol–water partition coefficient (Wildman–Crippen LogP) is 1.89. The zero-order valence-electron chi connectivity index (χ0n) is 5.88. The first-order chi connectivity index (χ1) is 4.41. The molecule has 52 valence electrons. The van der Waals surface area contributed by atoms with Crippen molar-refractivity contribution in [2.24, 2.45) is 0 Å². The highest BCUT2D eigenvalue weighted by molar-refractivity contribution is 4.90. The zero-order valence-corrected chi connectivity index (χ0v) is 5.88. The van der Waals surface area contributed by atoms with Crippen LogP contribution in [0.4, 0.5) is 0 Å². The summed E-state index contributed by atoms with van der Waals surface area (Å²) in [4.78, 5) is 0. The van der Waals surface area contributed by atoms with E-state index in [1.807, 2.05) is 19.1 Å². The van der Waals surface area contributed by atoms with E-state index in [0.717, 1.165) is 12.8 Å². The fraction of sp³-hybridized carbons (Fsp3) is 0.500. The van der Waals surface area contributed by atoms with E-state index < -0.39 is 0 Å². The van der Waals surface area contributed by atoms with Crippen LogP contribution in [0, 0.1) is 0 Å². The second-order valence-corrected chi connectivity index (χ2v) is 1.79. The van der Waals surface area contributed by atoms with Crippen molar-refractivity contribution >= 4 is 0 Å². The number of hydrogen-bond donors (Lipinski definition) is 1. The van der Waals surface area contributed by atoms with Crippen LogP contribution in [0.3, 0.4) is 0 Å². The normalized spacial score (nSPS) is 11.8. The Balaban J connectivity index is 3.04. The van der Waals surface area contributed by atoms with Crippen molar-refractivity contribution < 1.29 is 5.11 Å². The first-order valence-electron chi connectivity index (χ1n) is 3.28. The van der Waals surface area contributed by atoms with Crippen molar-refractivity contribution in [1.82, 2.24) is 0 Å². The molecule has 0 aliphatic carbocycles. The van der Waals surface area contributed by atoms with Gasteiger partial charge in [0.05, 0.1) is 0 Å². The molecule has 0 aromatic carbocycles. The molecule has 0 spiro atoms. The number of hydrogen-bond acceptors (Lipinski definition) is 1. The topological polar surface area (TPSA) is 20.2 Å². The molecule has 0 aromatic heterocycles. The van der Waals surface area contributed by atoms with Crippen molar-refractivity contribution in [3.8, 4) is 0 Å². The van der Waals surface area contributed by atoms with Gasteiger partial charge in [0, 0.05) is 6.61 Å². The highest BCUT2D eigenvalue weighted by atomic mass is 16.2. The van der Waals surface area contributed by atoms with Gasteiger partial charge in [-0.05, 0) is 19.8 Å². The Bertz CT molecular complexity index is 92.7. The maximum absolute atomic E-state index is 8.35. The summed E-state index contributed by atoms with van der Waals surface area (Å²) in [5.41, 5.74) is 0. The predicted molar refractivity (Wildman–Crippen MR) is 40.3 cm³/mol. The van der Waals surface area contributed by atoms with Crippen molar-refractivity contribution in [3.05, 3.63) is 24.3 Å². The summed E-state index contributed by atoms with van der Waals surface area (Å²) < 4.78 is 0. The largest absolute Gasteiger partial charge is 0.396 e. The highest BCUT2D eigenvalue weighted by Gasteiger charge is 1.71. The van der Waals surface area contributed by atoms with Crippen LogP contribution in [-0.4, -0.2) is 11.7 Å². The molecule has 0 bridgehead atoms. The van der Waals surface area contributed by atoms with Crippen LogP contribution in [0.2, 0.25) is 0 Å². The van der Waals surface area contributed by atoms with Crippen LogP contribution in [0.15, 0.2) is 24.3 Å². The van der Waals surface area contributed by atoms with Crippen molar-refractivity contribution in [1.29, 1.82) is 0 Å². The summed E-state index contributed by atoms with van der Waals surface area (Å²) >= 11 is 0. The third-order valence-electron chi connectivity index (χ3n) is 0.970. The molecule has 9 heavy (non-hydrogen) atoms. The zero-order chi connectivity index (χ0) is 6.95. The molecular weight excluding hydrogens is 112 g/mol. The average molecular weight is 126 g/mol. The Morgan fingerprint density at radius 3 is 2.56 bits per heavy atom. The molecule has 0 atom stereocenters. The molecule has 0 heterocycles. The monoisotopic (exact) mass is 126 g/mol. The van der Waals surface area contributed by atoms with Crippen molar-refractivity contribution in [3.63, 3.8) is 0 Å². The lowest BCUT2D eigenvalue weighted by atomic mass is 10.3. The molecule has 0 fully saturated rings. The molecule has 0 radical (unpaired) electrons. The number of aliphatic hydroxyl groups excluding tert-OH is 1. The molecule has 1 N–H and O–H groups in total. The molecule has 1 heteroatoms. The summed E-state index contributed by atoms with van der Waals surface area (Å²) in [7, 11) is 0. The standard InChI is InChI=1S/C8H14O/c1-2-3-4-5-6-7-8-9/h2-3,5-6,9H,4,7-8H2,1H3/b3-2+,6-5+. The summed E-state index contributed by atoms with van der Waals surface area (Å²) in [5, 5.41) is 8.35. The van der Waals surface area contributed by atoms with Gasteiger partial charge in [0.1, 0.15) is 0 Å². The minimum absolute atomic E-state index is 0.256. The van der Waals surface area contributed by atoms with E-state index in [1.165, 1.54) is 0 Å². The van der Waals surface area contributed by atoms with Gasteiger partial charge in [-0.3, -0.25) is 0 Å². The molecule has 0 aliphatic heterocycles. The Morgan fingerprint density at radius 2 is 2.00 bits per heavy atom. The molecule has 0 unspecified atom stereocenters. The Labute approximate surface area is 56.7 Å². The van der Waals surface area contributed by atoms with E-state index >= 15 is 0 Å². The lowest BCUT2D eigenvalue weighted by Gasteiger charge is -1.81. The van der Waals surface area contributed by atoms with Crippen molar-refractivity contribution in [2.45, 2.75) is 19.8 Å². The second-order valence-electron chi connectivity index (χ2n) is 1.79. The Hall–Kier alpha value is -0.560. The minimum Gasteiger partial charge on any atom is -0.396 e. The smallest absolute Gasteiger partial charge is 0.0465 e. The first kappa shape index (κ1) is 8.44. The molecule has 0 rings (SSSR count). The van der Waals surface area contributed by atoms with Gasteiger partial charge < -0.3 is 5.11 Å². The lowest BCUT2D eigenvalue weighted by Crippen LogP contribution is -1.74. The van der Waals surface area contributed by atoms with E-state index in [4.69, 9.17) is 5.11 Å². The molecule has 0 saturated heterocycles. The van der Waals surface area contributed by atoms with Gasteiger partial charge in [0.15, 0.2) is 0 Å². The van der Waals surface area contributed by atoms with Gasteiger partial charge in [-0.25, -0.2) is 0 Å². The third kappa shape index (κ3) is 7.44. The van der Waals surface area contributed by atoms with E-state index in [9.17, 15) is 0 Å². The van der Waals surface area contributed by atoms with Gasteiger partial charge in [0.25, 0.3) is 0 Å². The molecule has 0 aromatic rings. The number of aliphatic hydroxyl groups is 1. The number of rotatable bonds is 4. The van der Waals surface area contributed by atoms with Crippen LogP contribution in [0.1, 0.15) is 19.8 Å². The molecule has 0 amide bonds. The van der Waals surface area contributed by atoms with Crippen LogP contribution >= 0.6 is 0 Å². The van der Waals surface area contributed by atoms with Crippen molar-refractivity contribution in [2.75, 3.05) is 6.61 Å². The summed E-state index contributed by atoms with van der Waals surface area (Å²) in [5.74, 6) is 0. The fourth-order valence-electron chi connectivity index (χ4n) is 0.503. The van der Waals surface area contributed by atoms with Crippen LogP contribution in [0.25, 0.3) is 0 Å². The Morgan fingerprint density at radius 1 is 1.22 bits per heavy atom. The lowest BCUT2D eigenvalue weighted by molar-refractivity contribution is 0.302. The molecule has 0 aliphatic rings. The van der Waals surface area contributed by atoms with E-state index in [0.29, 0.717) is 0 Å². The van der Waals surface area contributed by atoms with Crippen LogP contribution in [0.5, 0.6) is 0 Å². The second kappa shape index (κ2) is 7.44. The van der Waals surface area contributed by atoms with Gasteiger partial charge in [-0.15, -0.1) is 0 Å². The summed E-state index contributed by atoms with van der Waals surface area (Å²) in [6, 6.07) is 0. The quantitative estimate of drug-likeness (QED) is 0.570. The molecule has 1 nitrogen and oxygen atoms in total. The van der Waals surface area contributed by atoms with Gasteiger partial charge >= 0.3 is 0 Å². The summed E-state index contributed by atoms with van der Waals surface area (Å²) in [6.45, 7) is 2.26. The third-order valence-corrected chi connectivity index (χ3v) is 0.970. The maximum atomic E-state index is 8.35. The van der Waals surface area contributed by atoms with E-state index in [2.05, 4.69) is 12.2 Å². The van der Waals surface area contributed by atoms with E-state index in [-0.39, 0.29) is 6.61 Å². The van der Waals surface area contributed by atoms with Gasteiger partial charge in [-0.2, -0.15) is 0 Å². The SMILES string of the molecule is C/C=C/C/C=C/CCO. The van der Waals surface area contributed by atoms with Crippen LogP contribution in [-0.2, 0) is 0 Å². The Kier molecular flexibility index (Phi) is 6.98. The highest BCUT2D eigenvalue weighted by Crippen LogP contribution is 1.87. The molecule has 0 saturated carbocycles.